The molecule has 1 aromatic carbocycles. The highest BCUT2D eigenvalue weighted by molar-refractivity contribution is 6.00. The summed E-state index contributed by atoms with van der Waals surface area (Å²) in [6.45, 7) is 3.30. The van der Waals surface area contributed by atoms with Crippen molar-refractivity contribution in [2.45, 2.75) is 19.4 Å². The summed E-state index contributed by atoms with van der Waals surface area (Å²) in [7, 11) is 0. The number of hydrogen-bond acceptors (Lipinski definition) is 3. The Morgan fingerprint density at radius 2 is 1.95 bits per heavy atom. The topological polar surface area (TPSA) is 98.2 Å². The molecular formula is C14H17N3O2. The van der Waals surface area contributed by atoms with E-state index in [1.165, 1.54) is 0 Å². The molecule has 0 bridgehead atoms. The van der Waals surface area contributed by atoms with Crippen molar-refractivity contribution in [1.82, 2.24) is 5.32 Å². The third-order valence-electron chi connectivity index (χ3n) is 2.54. The van der Waals surface area contributed by atoms with Gasteiger partial charge in [0.1, 0.15) is 5.54 Å². The maximum atomic E-state index is 12.1. The number of carbonyl (C=O) groups excluding carboxylic acids is 2. The van der Waals surface area contributed by atoms with Gasteiger partial charge in [-0.3, -0.25) is 9.59 Å². The van der Waals surface area contributed by atoms with Gasteiger partial charge in [-0.2, -0.15) is 0 Å². The van der Waals surface area contributed by atoms with E-state index in [2.05, 4.69) is 17.2 Å². The standard InChI is InChI=1S/C14H17N3O2/c1-14(2,13(16)19)17-12(18)11-8-4-3-6-10(11)7-5-9-15/h3-4,6,8H,9,15H2,1-2H3,(H2,16,19)(H,17,18). The number of hydrogen-bond donors (Lipinski definition) is 3. The van der Waals surface area contributed by atoms with Crippen molar-refractivity contribution in [2.75, 3.05) is 6.54 Å². The highest BCUT2D eigenvalue weighted by atomic mass is 16.2. The summed E-state index contributed by atoms with van der Waals surface area (Å²) in [6.07, 6.45) is 0. The van der Waals surface area contributed by atoms with Crippen molar-refractivity contribution >= 4 is 11.8 Å². The Balaban J connectivity index is 3.04. The highest BCUT2D eigenvalue weighted by Crippen LogP contribution is 2.10. The molecule has 0 radical (unpaired) electrons. The van der Waals surface area contributed by atoms with Crippen LogP contribution in [0.2, 0.25) is 0 Å². The summed E-state index contributed by atoms with van der Waals surface area (Å²) >= 11 is 0. The van der Waals surface area contributed by atoms with Crippen LogP contribution in [0, 0.1) is 11.8 Å². The minimum absolute atomic E-state index is 0.211. The molecule has 0 atom stereocenters. The Labute approximate surface area is 112 Å². The van der Waals surface area contributed by atoms with Gasteiger partial charge in [0, 0.05) is 5.56 Å². The zero-order valence-corrected chi connectivity index (χ0v) is 11.0. The molecule has 0 saturated carbocycles. The van der Waals surface area contributed by atoms with Crippen LogP contribution in [-0.2, 0) is 4.79 Å². The van der Waals surface area contributed by atoms with Gasteiger partial charge in [-0.1, -0.05) is 24.0 Å². The van der Waals surface area contributed by atoms with E-state index in [0.29, 0.717) is 11.1 Å². The van der Waals surface area contributed by atoms with Crippen molar-refractivity contribution in [3.8, 4) is 11.8 Å². The fourth-order valence-corrected chi connectivity index (χ4v) is 1.35. The lowest BCUT2D eigenvalue weighted by Crippen LogP contribution is -2.53. The molecule has 0 aliphatic carbocycles. The molecule has 0 saturated heterocycles. The molecule has 0 spiro atoms. The van der Waals surface area contributed by atoms with Crippen LogP contribution in [0.1, 0.15) is 29.8 Å². The molecule has 1 aromatic rings. The van der Waals surface area contributed by atoms with E-state index < -0.39 is 17.4 Å². The lowest BCUT2D eigenvalue weighted by Gasteiger charge is -2.22. The number of benzene rings is 1. The van der Waals surface area contributed by atoms with Crippen LogP contribution in [0.25, 0.3) is 0 Å². The zero-order chi connectivity index (χ0) is 14.5. The second-order valence-electron chi connectivity index (χ2n) is 4.49. The number of nitrogens with one attached hydrogen (secondary N) is 1. The lowest BCUT2D eigenvalue weighted by molar-refractivity contribution is -0.122. The van der Waals surface area contributed by atoms with Crippen LogP contribution in [0.3, 0.4) is 0 Å². The average Bonchev–Trinajstić information content (AvgIpc) is 2.36. The number of nitrogens with two attached hydrogens (primary N) is 2. The van der Waals surface area contributed by atoms with E-state index in [0.717, 1.165) is 0 Å². The average molecular weight is 259 g/mol. The molecule has 100 valence electrons. The maximum absolute atomic E-state index is 12.1. The number of carbonyl (C=O) groups is 2. The van der Waals surface area contributed by atoms with Crippen LogP contribution < -0.4 is 16.8 Å². The Bertz CT molecular complexity index is 553. The van der Waals surface area contributed by atoms with Crippen molar-refractivity contribution in [3.05, 3.63) is 35.4 Å². The van der Waals surface area contributed by atoms with Gasteiger partial charge in [0.05, 0.1) is 12.1 Å². The second kappa shape index (κ2) is 6.03. The largest absolute Gasteiger partial charge is 0.368 e. The van der Waals surface area contributed by atoms with E-state index in [1.807, 2.05) is 0 Å². The minimum atomic E-state index is -1.12. The summed E-state index contributed by atoms with van der Waals surface area (Å²) in [6, 6.07) is 6.85. The van der Waals surface area contributed by atoms with Crippen LogP contribution in [0.15, 0.2) is 24.3 Å². The highest BCUT2D eigenvalue weighted by Gasteiger charge is 2.27. The molecule has 5 nitrogen and oxygen atoms in total. The fraction of sp³-hybridized carbons (Fsp3) is 0.286. The van der Waals surface area contributed by atoms with Crippen LogP contribution in [0.5, 0.6) is 0 Å². The quantitative estimate of drug-likeness (QED) is 0.666. The van der Waals surface area contributed by atoms with Crippen LogP contribution in [-0.4, -0.2) is 23.9 Å². The van der Waals surface area contributed by atoms with Crippen molar-refractivity contribution in [1.29, 1.82) is 0 Å². The van der Waals surface area contributed by atoms with Crippen molar-refractivity contribution < 1.29 is 9.59 Å². The number of rotatable bonds is 3. The van der Waals surface area contributed by atoms with E-state index in [4.69, 9.17) is 11.5 Å². The summed E-state index contributed by atoms with van der Waals surface area (Å²) in [5, 5.41) is 2.58. The first-order chi connectivity index (χ1) is 8.88. The predicted octanol–water partition coefficient (Wildman–Crippen LogP) is -0.00950. The van der Waals surface area contributed by atoms with Crippen molar-refractivity contribution in [2.24, 2.45) is 11.5 Å². The molecule has 19 heavy (non-hydrogen) atoms. The third-order valence-corrected chi connectivity index (χ3v) is 2.54. The van der Waals surface area contributed by atoms with Gasteiger partial charge in [0.15, 0.2) is 0 Å². The summed E-state index contributed by atoms with van der Waals surface area (Å²) in [5.74, 6) is 4.51. The Morgan fingerprint density at radius 3 is 2.53 bits per heavy atom. The van der Waals surface area contributed by atoms with E-state index in [1.54, 1.807) is 38.1 Å². The predicted molar refractivity (Wildman–Crippen MR) is 73.1 cm³/mol. The van der Waals surface area contributed by atoms with Gasteiger partial charge in [-0.25, -0.2) is 0 Å². The molecule has 0 aliphatic heterocycles. The van der Waals surface area contributed by atoms with Gasteiger partial charge in [0.25, 0.3) is 5.91 Å². The monoisotopic (exact) mass is 259 g/mol. The molecular weight excluding hydrogens is 242 g/mol. The second-order valence-corrected chi connectivity index (χ2v) is 4.49. The Kier molecular flexibility index (Phi) is 4.67. The molecule has 1 rings (SSSR count). The van der Waals surface area contributed by atoms with E-state index >= 15 is 0 Å². The first kappa shape index (κ1) is 14.7. The number of amides is 2. The first-order valence-corrected chi connectivity index (χ1v) is 5.79. The van der Waals surface area contributed by atoms with E-state index in [-0.39, 0.29) is 6.54 Å². The van der Waals surface area contributed by atoms with Gasteiger partial charge in [0.2, 0.25) is 5.91 Å². The summed E-state index contributed by atoms with van der Waals surface area (Å²) in [4.78, 5) is 23.3. The minimum Gasteiger partial charge on any atom is -0.368 e. The molecule has 0 heterocycles. The SMILES string of the molecule is CC(C)(NC(=O)c1ccccc1C#CCN)C(N)=O. The molecule has 5 heteroatoms. The van der Waals surface area contributed by atoms with Gasteiger partial charge in [-0.15, -0.1) is 0 Å². The molecule has 0 fully saturated rings. The van der Waals surface area contributed by atoms with Gasteiger partial charge >= 0.3 is 0 Å². The fourth-order valence-electron chi connectivity index (χ4n) is 1.35. The Hall–Kier alpha value is -2.32. The van der Waals surface area contributed by atoms with Gasteiger partial charge < -0.3 is 16.8 Å². The molecule has 0 aromatic heterocycles. The maximum Gasteiger partial charge on any atom is 0.253 e. The third kappa shape index (κ3) is 3.83. The Morgan fingerprint density at radius 1 is 1.32 bits per heavy atom. The van der Waals surface area contributed by atoms with Gasteiger partial charge in [-0.05, 0) is 26.0 Å². The summed E-state index contributed by atoms with van der Waals surface area (Å²) in [5.41, 5.74) is 10.4. The van der Waals surface area contributed by atoms with Crippen LogP contribution in [0.4, 0.5) is 0 Å². The molecule has 0 unspecified atom stereocenters. The zero-order valence-electron chi connectivity index (χ0n) is 11.0. The smallest absolute Gasteiger partial charge is 0.253 e. The summed E-state index contributed by atoms with van der Waals surface area (Å²) < 4.78 is 0. The van der Waals surface area contributed by atoms with Crippen molar-refractivity contribution in [3.63, 3.8) is 0 Å². The number of primary amides is 1. The van der Waals surface area contributed by atoms with Crippen LogP contribution >= 0.6 is 0 Å². The molecule has 2 amide bonds. The van der Waals surface area contributed by atoms with E-state index in [9.17, 15) is 9.59 Å². The molecule has 5 N–H and O–H groups in total. The first-order valence-electron chi connectivity index (χ1n) is 5.79. The lowest BCUT2D eigenvalue weighted by atomic mass is 10.0. The normalized spacial score (nSPS) is 10.3. The molecule has 0 aliphatic rings.